The number of carbonyl (C=O) groups is 1. The molecule has 2 aromatic heterocycles. The molecule has 0 fully saturated rings. The predicted molar refractivity (Wildman–Crippen MR) is 99.8 cm³/mol. The van der Waals surface area contributed by atoms with Crippen LogP contribution in [0.15, 0.2) is 42.7 Å². The minimum Gasteiger partial charge on any atom is -0.486 e. The van der Waals surface area contributed by atoms with Crippen LogP contribution in [0.3, 0.4) is 0 Å². The summed E-state index contributed by atoms with van der Waals surface area (Å²) in [5, 5.41) is 3.78. The van der Waals surface area contributed by atoms with E-state index in [2.05, 4.69) is 15.3 Å². The number of aromatic nitrogens is 2. The number of hydrogen-bond donors (Lipinski definition) is 1. The summed E-state index contributed by atoms with van der Waals surface area (Å²) in [4.78, 5) is 22.1. The van der Waals surface area contributed by atoms with Crippen molar-refractivity contribution in [1.29, 1.82) is 0 Å². The van der Waals surface area contributed by atoms with E-state index < -0.39 is 0 Å². The number of nitrogens with zero attached hydrogens (tertiary/aromatic N) is 2. The summed E-state index contributed by atoms with van der Waals surface area (Å²) >= 11 is 1.52. The van der Waals surface area contributed by atoms with Crippen LogP contribution in [0.1, 0.15) is 10.6 Å². The van der Waals surface area contributed by atoms with Crippen molar-refractivity contribution in [3.63, 3.8) is 0 Å². The minimum absolute atomic E-state index is 0.0915. The molecule has 1 aliphatic rings. The van der Waals surface area contributed by atoms with Crippen LogP contribution in [0.5, 0.6) is 11.5 Å². The van der Waals surface area contributed by atoms with Crippen molar-refractivity contribution >= 4 is 22.9 Å². The van der Waals surface area contributed by atoms with E-state index in [4.69, 9.17) is 9.47 Å². The summed E-state index contributed by atoms with van der Waals surface area (Å²) in [5.74, 6) is 1.27. The van der Waals surface area contributed by atoms with Gasteiger partial charge in [-0.1, -0.05) is 0 Å². The van der Waals surface area contributed by atoms with E-state index in [0.29, 0.717) is 30.4 Å². The Morgan fingerprint density at radius 3 is 2.88 bits per heavy atom. The van der Waals surface area contributed by atoms with Gasteiger partial charge in [0, 0.05) is 34.6 Å². The summed E-state index contributed by atoms with van der Waals surface area (Å²) in [6, 6.07) is 9.24. The second kappa shape index (κ2) is 7.13. The third-order valence-corrected chi connectivity index (χ3v) is 5.15. The van der Waals surface area contributed by atoms with Crippen molar-refractivity contribution in [2.45, 2.75) is 13.3 Å². The Kier molecular flexibility index (Phi) is 4.53. The Morgan fingerprint density at radius 2 is 2.08 bits per heavy atom. The molecule has 3 aromatic rings. The first-order chi connectivity index (χ1) is 12.7. The van der Waals surface area contributed by atoms with Gasteiger partial charge in [0.15, 0.2) is 11.5 Å². The van der Waals surface area contributed by atoms with Crippen LogP contribution in [0.25, 0.3) is 10.6 Å². The molecular formula is C19H17N3O3S. The van der Waals surface area contributed by atoms with Crippen LogP contribution in [-0.2, 0) is 11.2 Å². The molecule has 0 unspecified atom stereocenters. The zero-order chi connectivity index (χ0) is 17.9. The van der Waals surface area contributed by atoms with Gasteiger partial charge in [0.1, 0.15) is 18.2 Å². The van der Waals surface area contributed by atoms with E-state index in [-0.39, 0.29) is 12.3 Å². The molecule has 0 radical (unpaired) electrons. The molecule has 132 valence electrons. The lowest BCUT2D eigenvalue weighted by atomic mass is 10.2. The number of fused-ring (bicyclic) bond motifs is 1. The van der Waals surface area contributed by atoms with Crippen LogP contribution >= 0.6 is 11.3 Å². The maximum Gasteiger partial charge on any atom is 0.229 e. The van der Waals surface area contributed by atoms with E-state index in [0.717, 1.165) is 21.1 Å². The highest BCUT2D eigenvalue weighted by molar-refractivity contribution is 7.15. The zero-order valence-corrected chi connectivity index (χ0v) is 15.0. The minimum atomic E-state index is -0.0915. The quantitative estimate of drug-likeness (QED) is 0.764. The first kappa shape index (κ1) is 16.5. The molecule has 6 nitrogen and oxygen atoms in total. The van der Waals surface area contributed by atoms with Gasteiger partial charge in [0.05, 0.1) is 12.1 Å². The van der Waals surface area contributed by atoms with E-state index in [1.54, 1.807) is 18.5 Å². The molecule has 0 saturated carbocycles. The van der Waals surface area contributed by atoms with Gasteiger partial charge in [-0.15, -0.1) is 11.3 Å². The van der Waals surface area contributed by atoms with Gasteiger partial charge in [-0.2, -0.15) is 0 Å². The van der Waals surface area contributed by atoms with Gasteiger partial charge >= 0.3 is 0 Å². The number of anilines is 1. The molecule has 3 heterocycles. The van der Waals surface area contributed by atoms with E-state index >= 15 is 0 Å². The molecule has 0 aliphatic carbocycles. The number of rotatable bonds is 4. The van der Waals surface area contributed by atoms with Crippen molar-refractivity contribution in [3.8, 4) is 22.1 Å². The number of carbonyl (C=O) groups excluding carboxylic acids is 1. The Hall–Kier alpha value is -2.93. The summed E-state index contributed by atoms with van der Waals surface area (Å²) < 4.78 is 11.0. The molecule has 1 amide bonds. The maximum absolute atomic E-state index is 12.4. The third kappa shape index (κ3) is 3.52. The van der Waals surface area contributed by atoms with Gasteiger partial charge in [-0.25, -0.2) is 4.98 Å². The molecule has 0 atom stereocenters. The molecule has 0 bridgehead atoms. The number of benzene rings is 1. The van der Waals surface area contributed by atoms with Crippen LogP contribution < -0.4 is 14.8 Å². The highest BCUT2D eigenvalue weighted by Crippen LogP contribution is 2.33. The Labute approximate surface area is 154 Å². The van der Waals surface area contributed by atoms with Gasteiger partial charge in [0.25, 0.3) is 0 Å². The maximum atomic E-state index is 12.4. The summed E-state index contributed by atoms with van der Waals surface area (Å²) in [6.45, 7) is 2.98. The molecule has 0 spiro atoms. The lowest BCUT2D eigenvalue weighted by Gasteiger charge is -2.19. The number of nitrogens with one attached hydrogen (secondary N) is 1. The molecule has 26 heavy (non-hydrogen) atoms. The topological polar surface area (TPSA) is 73.3 Å². The molecule has 1 aromatic carbocycles. The van der Waals surface area contributed by atoms with Crippen LogP contribution in [0, 0.1) is 6.92 Å². The number of hydrogen-bond acceptors (Lipinski definition) is 6. The second-order valence-corrected chi connectivity index (χ2v) is 6.94. The molecular weight excluding hydrogens is 350 g/mol. The zero-order valence-electron chi connectivity index (χ0n) is 14.2. The number of amides is 1. The van der Waals surface area contributed by atoms with Gasteiger partial charge in [-0.3, -0.25) is 9.78 Å². The fraction of sp³-hybridized carbons (Fsp3) is 0.211. The highest BCUT2D eigenvalue weighted by atomic mass is 32.1. The van der Waals surface area contributed by atoms with Gasteiger partial charge < -0.3 is 14.8 Å². The first-order valence-corrected chi connectivity index (χ1v) is 9.07. The number of thiazole rings is 1. The SMILES string of the molecule is Cc1nc(-c2cccnc2)sc1CC(=O)Nc1ccc2c(c1)OCCO2. The standard InChI is InChI=1S/C19H17N3O3S/c1-12-17(26-19(21-12)13-3-2-6-20-11-13)10-18(23)22-14-4-5-15-16(9-14)25-8-7-24-15/h2-6,9,11H,7-8,10H2,1H3,(H,22,23). The Bertz CT molecular complexity index is 940. The van der Waals surface area contributed by atoms with E-state index in [9.17, 15) is 4.79 Å². The van der Waals surface area contributed by atoms with Crippen molar-refractivity contribution in [1.82, 2.24) is 9.97 Å². The predicted octanol–water partition coefficient (Wildman–Crippen LogP) is 3.47. The summed E-state index contributed by atoms with van der Waals surface area (Å²) in [7, 11) is 0. The summed E-state index contributed by atoms with van der Waals surface area (Å²) in [5.41, 5.74) is 2.51. The smallest absolute Gasteiger partial charge is 0.229 e. The lowest BCUT2D eigenvalue weighted by Crippen LogP contribution is -2.17. The third-order valence-electron chi connectivity index (χ3n) is 3.95. The lowest BCUT2D eigenvalue weighted by molar-refractivity contribution is -0.115. The highest BCUT2D eigenvalue weighted by Gasteiger charge is 2.15. The average Bonchev–Trinajstić information content (AvgIpc) is 3.03. The van der Waals surface area contributed by atoms with Gasteiger partial charge in [0.2, 0.25) is 5.91 Å². The fourth-order valence-corrected chi connectivity index (χ4v) is 3.73. The number of pyridine rings is 1. The molecule has 7 heteroatoms. The number of ether oxygens (including phenoxy) is 2. The second-order valence-electron chi connectivity index (χ2n) is 5.85. The Morgan fingerprint density at radius 1 is 1.23 bits per heavy atom. The van der Waals surface area contributed by atoms with Crippen molar-refractivity contribution in [2.24, 2.45) is 0 Å². The van der Waals surface area contributed by atoms with Crippen LogP contribution in [0.2, 0.25) is 0 Å². The largest absolute Gasteiger partial charge is 0.486 e. The normalized spacial score (nSPS) is 12.7. The summed E-state index contributed by atoms with van der Waals surface area (Å²) in [6.07, 6.45) is 3.78. The molecule has 1 aliphatic heterocycles. The molecule has 4 rings (SSSR count). The fourth-order valence-electron chi connectivity index (χ4n) is 2.68. The van der Waals surface area contributed by atoms with Crippen LogP contribution in [0.4, 0.5) is 5.69 Å². The van der Waals surface area contributed by atoms with E-state index in [1.165, 1.54) is 11.3 Å². The number of aryl methyl sites for hydroxylation is 1. The average molecular weight is 367 g/mol. The molecule has 0 saturated heterocycles. The monoisotopic (exact) mass is 367 g/mol. The van der Waals surface area contributed by atoms with E-state index in [1.807, 2.05) is 31.2 Å². The van der Waals surface area contributed by atoms with Gasteiger partial charge in [-0.05, 0) is 31.2 Å². The van der Waals surface area contributed by atoms with Crippen molar-refractivity contribution in [3.05, 3.63) is 53.3 Å². The first-order valence-electron chi connectivity index (χ1n) is 8.25. The van der Waals surface area contributed by atoms with Crippen molar-refractivity contribution in [2.75, 3.05) is 18.5 Å². The Balaban J connectivity index is 1.46. The van der Waals surface area contributed by atoms with Crippen LogP contribution in [-0.4, -0.2) is 29.1 Å². The van der Waals surface area contributed by atoms with Crippen molar-refractivity contribution < 1.29 is 14.3 Å². The molecule has 1 N–H and O–H groups in total.